The second kappa shape index (κ2) is 6.65. The van der Waals surface area contributed by atoms with Crippen LogP contribution in [0.1, 0.15) is 56.9 Å². The maximum Gasteiger partial charge on any atom is 0.345 e. The van der Waals surface area contributed by atoms with Crippen LogP contribution in [0.2, 0.25) is 0 Å². The molecule has 1 rings (SSSR count). The molecule has 1 aromatic rings. The van der Waals surface area contributed by atoms with E-state index in [1.807, 2.05) is 27.7 Å². The average molecular weight is 282 g/mol. The molecule has 0 aliphatic rings. The van der Waals surface area contributed by atoms with Crippen LogP contribution in [0.15, 0.2) is 11.0 Å². The van der Waals surface area contributed by atoms with Crippen molar-refractivity contribution in [1.29, 1.82) is 0 Å². The van der Waals surface area contributed by atoms with Gasteiger partial charge in [-0.25, -0.2) is 9.78 Å². The van der Waals surface area contributed by atoms with Crippen molar-refractivity contribution in [2.75, 3.05) is 13.2 Å². The molecule has 0 radical (unpaired) electrons. The highest BCUT2D eigenvalue weighted by Crippen LogP contribution is 2.33. The molecule has 0 saturated heterocycles. The highest BCUT2D eigenvalue weighted by Gasteiger charge is 2.29. The summed E-state index contributed by atoms with van der Waals surface area (Å²) in [6.07, 6.45) is 0.889. The van der Waals surface area contributed by atoms with Crippen LogP contribution in [0.3, 0.4) is 0 Å². The molecule has 1 heterocycles. The van der Waals surface area contributed by atoms with Crippen LogP contribution in [0.25, 0.3) is 0 Å². The number of carbonyl (C=O) groups is 1. The van der Waals surface area contributed by atoms with Crippen LogP contribution < -0.4 is 5.56 Å². The summed E-state index contributed by atoms with van der Waals surface area (Å²) in [6.45, 7) is 10.3. The fourth-order valence-electron chi connectivity index (χ4n) is 1.80. The number of aromatic nitrogens is 2. The molecule has 0 fully saturated rings. The highest BCUT2D eigenvalue weighted by molar-refractivity contribution is 5.88. The summed E-state index contributed by atoms with van der Waals surface area (Å²) in [6, 6.07) is 0. The van der Waals surface area contributed by atoms with Crippen molar-refractivity contribution in [3.05, 3.63) is 27.9 Å². The number of H-pyrrole nitrogens is 1. The Hall–Kier alpha value is -1.69. The van der Waals surface area contributed by atoms with E-state index in [-0.39, 0.29) is 23.7 Å². The minimum absolute atomic E-state index is 0.0974. The number of hydrogen-bond acceptors (Lipinski definition) is 5. The second-order valence-corrected chi connectivity index (χ2v) is 5.43. The Morgan fingerprint density at radius 3 is 2.45 bits per heavy atom. The molecule has 1 aromatic heterocycles. The topological polar surface area (TPSA) is 81.3 Å². The smallest absolute Gasteiger partial charge is 0.345 e. The van der Waals surface area contributed by atoms with E-state index in [4.69, 9.17) is 9.47 Å². The zero-order chi connectivity index (χ0) is 15.3. The summed E-state index contributed by atoms with van der Waals surface area (Å²) >= 11 is 0. The summed E-state index contributed by atoms with van der Waals surface area (Å²) in [7, 11) is 0. The minimum Gasteiger partial charge on any atom is -0.462 e. The third kappa shape index (κ3) is 3.90. The third-order valence-electron chi connectivity index (χ3n) is 2.68. The molecule has 1 N–H and O–H groups in total. The van der Waals surface area contributed by atoms with E-state index in [9.17, 15) is 9.59 Å². The Morgan fingerprint density at radius 2 is 2.00 bits per heavy atom. The molecule has 0 aromatic carbocycles. The summed E-state index contributed by atoms with van der Waals surface area (Å²) < 4.78 is 10.4. The lowest BCUT2D eigenvalue weighted by Crippen LogP contribution is -2.28. The predicted molar refractivity (Wildman–Crippen MR) is 74.6 cm³/mol. The largest absolute Gasteiger partial charge is 0.462 e. The lowest BCUT2D eigenvalue weighted by molar-refractivity contribution is -0.0193. The number of nitrogens with one attached hydrogen (secondary N) is 1. The van der Waals surface area contributed by atoms with Gasteiger partial charge in [0, 0.05) is 12.8 Å². The van der Waals surface area contributed by atoms with Gasteiger partial charge >= 0.3 is 5.97 Å². The number of nitrogens with zero attached hydrogens (tertiary/aromatic N) is 1. The van der Waals surface area contributed by atoms with Crippen molar-refractivity contribution in [2.45, 2.75) is 40.7 Å². The van der Waals surface area contributed by atoms with E-state index < -0.39 is 11.5 Å². The fourth-order valence-corrected chi connectivity index (χ4v) is 1.80. The molecule has 112 valence electrons. The van der Waals surface area contributed by atoms with Crippen LogP contribution in [0, 0.1) is 5.41 Å². The number of aromatic amines is 1. The maximum absolute atomic E-state index is 11.9. The third-order valence-corrected chi connectivity index (χ3v) is 2.68. The van der Waals surface area contributed by atoms with Crippen molar-refractivity contribution >= 4 is 5.97 Å². The first kappa shape index (κ1) is 16.4. The van der Waals surface area contributed by atoms with Crippen LogP contribution in [0.4, 0.5) is 0 Å². The first-order valence-corrected chi connectivity index (χ1v) is 6.69. The number of esters is 1. The van der Waals surface area contributed by atoms with Crippen molar-refractivity contribution in [2.24, 2.45) is 5.41 Å². The lowest BCUT2D eigenvalue weighted by atomic mass is 9.88. The van der Waals surface area contributed by atoms with E-state index >= 15 is 0 Å². The van der Waals surface area contributed by atoms with E-state index in [1.54, 1.807) is 6.92 Å². The molecule has 1 atom stereocenters. The van der Waals surface area contributed by atoms with Gasteiger partial charge in [-0.05, 0) is 19.3 Å². The molecule has 0 saturated carbocycles. The molecular formula is C14H22N2O4. The van der Waals surface area contributed by atoms with Gasteiger partial charge in [0.05, 0.1) is 6.61 Å². The first-order valence-electron chi connectivity index (χ1n) is 6.69. The van der Waals surface area contributed by atoms with E-state index in [2.05, 4.69) is 9.97 Å². The standard InChI is InChI=1S/C14H22N2O4/c1-6-19-10(14(3,4)5)11-15-8-9(12(17)16-11)13(18)20-7-2/h8,10H,6-7H2,1-5H3,(H,15,16,17). The molecule has 6 heteroatoms. The lowest BCUT2D eigenvalue weighted by Gasteiger charge is -2.29. The van der Waals surface area contributed by atoms with Crippen LogP contribution in [0.5, 0.6) is 0 Å². The second-order valence-electron chi connectivity index (χ2n) is 5.43. The van der Waals surface area contributed by atoms with E-state index in [1.165, 1.54) is 6.20 Å². The summed E-state index contributed by atoms with van der Waals surface area (Å²) in [5, 5.41) is 0. The summed E-state index contributed by atoms with van der Waals surface area (Å²) in [5.41, 5.74) is -0.834. The normalized spacial score (nSPS) is 13.1. The first-order chi connectivity index (χ1) is 9.31. The molecule has 0 aliphatic heterocycles. The predicted octanol–water partition coefficient (Wildman–Crippen LogP) is 2.07. The maximum atomic E-state index is 11.9. The molecule has 20 heavy (non-hydrogen) atoms. The Labute approximate surface area is 118 Å². The van der Waals surface area contributed by atoms with Crippen molar-refractivity contribution in [3.8, 4) is 0 Å². The van der Waals surface area contributed by atoms with Crippen molar-refractivity contribution < 1.29 is 14.3 Å². The number of carbonyl (C=O) groups excluding carboxylic acids is 1. The van der Waals surface area contributed by atoms with Crippen molar-refractivity contribution in [1.82, 2.24) is 9.97 Å². The number of ether oxygens (including phenoxy) is 2. The van der Waals surface area contributed by atoms with Crippen LogP contribution in [-0.4, -0.2) is 29.2 Å². The van der Waals surface area contributed by atoms with Gasteiger partial charge in [-0.3, -0.25) is 4.79 Å². The summed E-state index contributed by atoms with van der Waals surface area (Å²) in [5.74, 6) is -0.256. The molecule has 6 nitrogen and oxygen atoms in total. The Balaban J connectivity index is 3.13. The Morgan fingerprint density at radius 1 is 1.35 bits per heavy atom. The zero-order valence-electron chi connectivity index (χ0n) is 12.6. The number of hydrogen-bond donors (Lipinski definition) is 1. The minimum atomic E-state index is -0.670. The quantitative estimate of drug-likeness (QED) is 0.836. The Kier molecular flexibility index (Phi) is 5.44. The van der Waals surface area contributed by atoms with Gasteiger partial charge in [-0.2, -0.15) is 0 Å². The average Bonchev–Trinajstić information content (AvgIpc) is 2.34. The van der Waals surface area contributed by atoms with E-state index in [0.29, 0.717) is 12.4 Å². The van der Waals surface area contributed by atoms with Gasteiger partial charge in [0.2, 0.25) is 0 Å². The fraction of sp³-hybridized carbons (Fsp3) is 0.643. The van der Waals surface area contributed by atoms with E-state index in [0.717, 1.165) is 0 Å². The monoisotopic (exact) mass is 282 g/mol. The van der Waals surface area contributed by atoms with Gasteiger partial charge in [0.25, 0.3) is 5.56 Å². The van der Waals surface area contributed by atoms with Gasteiger partial charge in [-0.15, -0.1) is 0 Å². The van der Waals surface area contributed by atoms with Gasteiger partial charge in [0.15, 0.2) is 0 Å². The van der Waals surface area contributed by atoms with Gasteiger partial charge < -0.3 is 14.5 Å². The van der Waals surface area contributed by atoms with Gasteiger partial charge in [0.1, 0.15) is 17.5 Å². The van der Waals surface area contributed by atoms with Crippen LogP contribution >= 0.6 is 0 Å². The molecule has 0 aliphatic carbocycles. The highest BCUT2D eigenvalue weighted by atomic mass is 16.5. The van der Waals surface area contributed by atoms with Crippen LogP contribution in [-0.2, 0) is 9.47 Å². The van der Waals surface area contributed by atoms with Crippen molar-refractivity contribution in [3.63, 3.8) is 0 Å². The molecule has 0 spiro atoms. The number of rotatable bonds is 5. The Bertz CT molecular complexity index is 517. The van der Waals surface area contributed by atoms with Gasteiger partial charge in [-0.1, -0.05) is 20.8 Å². The molecule has 0 bridgehead atoms. The molecule has 1 unspecified atom stereocenters. The molecule has 0 amide bonds. The zero-order valence-corrected chi connectivity index (χ0v) is 12.6. The molecular weight excluding hydrogens is 260 g/mol. The summed E-state index contributed by atoms with van der Waals surface area (Å²) in [4.78, 5) is 30.3. The SMILES string of the molecule is CCOC(=O)c1cnc(C(OCC)C(C)(C)C)[nH]c1=O.